The van der Waals surface area contributed by atoms with Crippen molar-refractivity contribution in [3.63, 3.8) is 0 Å². The van der Waals surface area contributed by atoms with Crippen molar-refractivity contribution >= 4 is 17.6 Å². The third kappa shape index (κ3) is 5.31. The van der Waals surface area contributed by atoms with Crippen LogP contribution in [-0.4, -0.2) is 36.3 Å². The van der Waals surface area contributed by atoms with Gasteiger partial charge in [0, 0.05) is 6.61 Å². The van der Waals surface area contributed by atoms with E-state index in [1.54, 1.807) is 12.1 Å². The Morgan fingerprint density at radius 2 is 2.11 bits per heavy atom. The van der Waals surface area contributed by atoms with Gasteiger partial charge in [-0.25, -0.2) is 4.79 Å². The maximum absolute atomic E-state index is 12.4. The molecule has 1 aliphatic heterocycles. The fourth-order valence-corrected chi connectivity index (χ4v) is 3.00. The Bertz CT molecular complexity index is 827. The van der Waals surface area contributed by atoms with Crippen LogP contribution < -0.4 is 10.1 Å². The maximum atomic E-state index is 12.4. The van der Waals surface area contributed by atoms with Gasteiger partial charge in [0.05, 0.1) is 23.8 Å². The standard InChI is InChI=1S/C21H23NO5/c1-14-7-8-18(19(10-14)27-13-17-6-3-9-26-17)22-20(23)12-15-4-2-5-16(11-15)21(24)25/h2,4-5,7-8,10-11,17H,3,6,9,12-13H2,1H3,(H,22,23)(H,24,25). The molecule has 1 unspecified atom stereocenters. The van der Waals surface area contributed by atoms with Gasteiger partial charge in [0.2, 0.25) is 5.91 Å². The lowest BCUT2D eigenvalue weighted by atomic mass is 10.1. The largest absolute Gasteiger partial charge is 0.489 e. The fourth-order valence-electron chi connectivity index (χ4n) is 3.00. The molecule has 0 spiro atoms. The minimum Gasteiger partial charge on any atom is -0.489 e. The lowest BCUT2D eigenvalue weighted by molar-refractivity contribution is -0.115. The molecule has 27 heavy (non-hydrogen) atoms. The van der Waals surface area contributed by atoms with E-state index < -0.39 is 5.97 Å². The Morgan fingerprint density at radius 1 is 1.26 bits per heavy atom. The number of carboxylic acid groups (broad SMARTS) is 1. The first-order valence-electron chi connectivity index (χ1n) is 8.98. The van der Waals surface area contributed by atoms with E-state index in [2.05, 4.69) is 5.32 Å². The van der Waals surface area contributed by atoms with E-state index in [4.69, 9.17) is 14.6 Å². The Labute approximate surface area is 158 Å². The van der Waals surface area contributed by atoms with Gasteiger partial charge in [-0.3, -0.25) is 4.79 Å². The average molecular weight is 369 g/mol. The van der Waals surface area contributed by atoms with Crippen molar-refractivity contribution < 1.29 is 24.2 Å². The third-order valence-electron chi connectivity index (χ3n) is 4.40. The highest BCUT2D eigenvalue weighted by molar-refractivity contribution is 5.94. The number of rotatable bonds is 7. The summed E-state index contributed by atoms with van der Waals surface area (Å²) in [5, 5.41) is 11.9. The van der Waals surface area contributed by atoms with Crippen molar-refractivity contribution in [2.75, 3.05) is 18.5 Å². The fraction of sp³-hybridized carbons (Fsp3) is 0.333. The van der Waals surface area contributed by atoms with Crippen molar-refractivity contribution in [1.29, 1.82) is 0 Å². The molecule has 1 saturated heterocycles. The van der Waals surface area contributed by atoms with Gasteiger partial charge in [-0.05, 0) is 55.2 Å². The molecule has 0 aliphatic carbocycles. The molecular formula is C21H23NO5. The molecule has 1 amide bonds. The third-order valence-corrected chi connectivity index (χ3v) is 4.40. The van der Waals surface area contributed by atoms with E-state index in [9.17, 15) is 9.59 Å². The second-order valence-corrected chi connectivity index (χ2v) is 6.68. The molecule has 6 heteroatoms. The summed E-state index contributed by atoms with van der Waals surface area (Å²) in [6, 6.07) is 12.0. The Kier molecular flexibility index (Phi) is 6.08. The van der Waals surface area contributed by atoms with Crippen molar-refractivity contribution in [2.24, 2.45) is 0 Å². The number of benzene rings is 2. The summed E-state index contributed by atoms with van der Waals surface area (Å²) in [4.78, 5) is 23.5. The summed E-state index contributed by atoms with van der Waals surface area (Å²) in [6.45, 7) is 3.18. The van der Waals surface area contributed by atoms with Crippen LogP contribution >= 0.6 is 0 Å². The summed E-state index contributed by atoms with van der Waals surface area (Å²) in [5.41, 5.74) is 2.43. The number of amides is 1. The Hall–Kier alpha value is -2.86. The van der Waals surface area contributed by atoms with Crippen molar-refractivity contribution in [3.8, 4) is 5.75 Å². The van der Waals surface area contributed by atoms with Crippen molar-refractivity contribution in [2.45, 2.75) is 32.3 Å². The molecule has 0 aromatic heterocycles. The highest BCUT2D eigenvalue weighted by Gasteiger charge is 2.17. The number of carboxylic acids is 1. The van der Waals surface area contributed by atoms with E-state index in [1.807, 2.05) is 25.1 Å². The van der Waals surface area contributed by atoms with Crippen LogP contribution in [0.5, 0.6) is 5.75 Å². The number of carbonyl (C=O) groups excluding carboxylic acids is 1. The first kappa shape index (κ1) is 18.9. The number of aromatic carboxylic acids is 1. The lowest BCUT2D eigenvalue weighted by Gasteiger charge is -2.16. The predicted molar refractivity (Wildman–Crippen MR) is 101 cm³/mol. The van der Waals surface area contributed by atoms with E-state index in [0.29, 0.717) is 23.6 Å². The van der Waals surface area contributed by atoms with Gasteiger partial charge in [-0.2, -0.15) is 0 Å². The maximum Gasteiger partial charge on any atom is 0.335 e. The molecule has 2 aromatic rings. The Balaban J connectivity index is 1.66. The molecule has 3 rings (SSSR count). The van der Waals surface area contributed by atoms with E-state index in [0.717, 1.165) is 25.0 Å². The number of carbonyl (C=O) groups is 2. The molecule has 142 valence electrons. The summed E-state index contributed by atoms with van der Waals surface area (Å²) in [7, 11) is 0. The van der Waals surface area contributed by atoms with Gasteiger partial charge in [-0.1, -0.05) is 18.2 Å². The number of nitrogens with one attached hydrogen (secondary N) is 1. The first-order chi connectivity index (χ1) is 13.0. The van der Waals surface area contributed by atoms with Gasteiger partial charge in [0.25, 0.3) is 0 Å². The summed E-state index contributed by atoms with van der Waals surface area (Å²) >= 11 is 0. The Morgan fingerprint density at radius 3 is 2.85 bits per heavy atom. The monoisotopic (exact) mass is 369 g/mol. The van der Waals surface area contributed by atoms with Gasteiger partial charge in [-0.15, -0.1) is 0 Å². The summed E-state index contributed by atoms with van der Waals surface area (Å²) in [5.74, 6) is -0.637. The second-order valence-electron chi connectivity index (χ2n) is 6.68. The topological polar surface area (TPSA) is 84.9 Å². The number of ether oxygens (including phenoxy) is 2. The molecule has 1 heterocycles. The van der Waals surface area contributed by atoms with Gasteiger partial charge < -0.3 is 19.9 Å². The normalized spacial score (nSPS) is 16.1. The average Bonchev–Trinajstić information content (AvgIpc) is 3.15. The number of hydrogen-bond acceptors (Lipinski definition) is 4. The minimum atomic E-state index is -1.01. The predicted octanol–water partition coefficient (Wildman–Crippen LogP) is 3.43. The molecule has 6 nitrogen and oxygen atoms in total. The van der Waals surface area contributed by atoms with Crippen LogP contribution in [0.1, 0.15) is 34.3 Å². The smallest absolute Gasteiger partial charge is 0.335 e. The molecule has 2 N–H and O–H groups in total. The van der Waals surface area contributed by atoms with Gasteiger partial charge >= 0.3 is 5.97 Å². The second kappa shape index (κ2) is 8.68. The highest BCUT2D eigenvalue weighted by Crippen LogP contribution is 2.27. The van der Waals surface area contributed by atoms with Crippen LogP contribution in [0.15, 0.2) is 42.5 Å². The molecule has 1 fully saturated rings. The minimum absolute atomic E-state index is 0.0835. The summed E-state index contributed by atoms with van der Waals surface area (Å²) in [6.07, 6.45) is 2.20. The number of aryl methyl sites for hydroxylation is 1. The van der Waals surface area contributed by atoms with Gasteiger partial charge in [0.15, 0.2) is 0 Å². The highest BCUT2D eigenvalue weighted by atomic mass is 16.5. The van der Waals surface area contributed by atoms with Crippen LogP contribution in [0.4, 0.5) is 5.69 Å². The first-order valence-corrected chi connectivity index (χ1v) is 8.98. The zero-order valence-electron chi connectivity index (χ0n) is 15.2. The summed E-state index contributed by atoms with van der Waals surface area (Å²) < 4.78 is 11.5. The molecule has 1 atom stereocenters. The SMILES string of the molecule is Cc1ccc(NC(=O)Cc2cccc(C(=O)O)c2)c(OCC2CCCO2)c1. The zero-order valence-corrected chi connectivity index (χ0v) is 15.2. The van der Waals surface area contributed by atoms with Crippen LogP contribution in [-0.2, 0) is 16.0 Å². The number of hydrogen-bond donors (Lipinski definition) is 2. The zero-order chi connectivity index (χ0) is 19.2. The van der Waals surface area contributed by atoms with Crippen LogP contribution in [0, 0.1) is 6.92 Å². The number of anilines is 1. The van der Waals surface area contributed by atoms with Gasteiger partial charge in [0.1, 0.15) is 12.4 Å². The van der Waals surface area contributed by atoms with Crippen LogP contribution in [0.3, 0.4) is 0 Å². The molecule has 0 saturated carbocycles. The van der Waals surface area contributed by atoms with Crippen molar-refractivity contribution in [1.82, 2.24) is 0 Å². The van der Waals surface area contributed by atoms with E-state index >= 15 is 0 Å². The quantitative estimate of drug-likeness (QED) is 0.781. The lowest BCUT2D eigenvalue weighted by Crippen LogP contribution is -2.19. The van der Waals surface area contributed by atoms with E-state index in [-0.39, 0.29) is 24.0 Å². The molecule has 1 aliphatic rings. The van der Waals surface area contributed by atoms with Crippen LogP contribution in [0.2, 0.25) is 0 Å². The van der Waals surface area contributed by atoms with Crippen molar-refractivity contribution in [3.05, 3.63) is 59.2 Å². The molecule has 0 bridgehead atoms. The van der Waals surface area contributed by atoms with E-state index in [1.165, 1.54) is 12.1 Å². The molecule has 0 radical (unpaired) electrons. The molecule has 2 aromatic carbocycles. The van der Waals surface area contributed by atoms with Crippen LogP contribution in [0.25, 0.3) is 0 Å². The molecular weight excluding hydrogens is 346 g/mol.